The van der Waals surface area contributed by atoms with Gasteiger partial charge in [-0.2, -0.15) is 4.98 Å². The number of aromatic nitrogens is 3. The summed E-state index contributed by atoms with van der Waals surface area (Å²) < 4.78 is 7.55. The highest BCUT2D eigenvalue weighted by molar-refractivity contribution is 5.26. The zero-order valence-electron chi connectivity index (χ0n) is 11.5. The van der Waals surface area contributed by atoms with Crippen LogP contribution in [0.5, 0.6) is 0 Å². The Hall–Kier alpha value is -2.40. The van der Waals surface area contributed by atoms with Crippen LogP contribution in [-0.2, 0) is 0 Å². The Morgan fingerprint density at radius 3 is 2.52 bits per heavy atom. The van der Waals surface area contributed by atoms with E-state index in [4.69, 9.17) is 4.52 Å². The molecule has 4 rings (SSSR count). The molecule has 1 N–H and O–H groups in total. The number of hydrogen-bond donors (Lipinski definition) is 1. The maximum atomic E-state index is 5.45. The summed E-state index contributed by atoms with van der Waals surface area (Å²) in [6.07, 6.45) is 4.05. The van der Waals surface area contributed by atoms with Gasteiger partial charge in [0.2, 0.25) is 5.89 Å². The van der Waals surface area contributed by atoms with Crippen molar-refractivity contribution in [3.63, 3.8) is 0 Å². The molecule has 3 heterocycles. The van der Waals surface area contributed by atoms with Crippen LogP contribution < -0.4 is 5.32 Å². The lowest BCUT2D eigenvalue weighted by molar-refractivity contribution is 0.305. The third-order valence-corrected chi connectivity index (χ3v) is 3.87. The van der Waals surface area contributed by atoms with E-state index in [-0.39, 0.29) is 6.04 Å². The van der Waals surface area contributed by atoms with Crippen LogP contribution in [0, 0.1) is 0 Å². The van der Waals surface area contributed by atoms with Crippen molar-refractivity contribution >= 4 is 0 Å². The van der Waals surface area contributed by atoms with Crippen molar-refractivity contribution in [1.82, 2.24) is 20.0 Å². The summed E-state index contributed by atoms with van der Waals surface area (Å²) in [5.74, 6) is 1.79. The van der Waals surface area contributed by atoms with E-state index >= 15 is 0 Å². The monoisotopic (exact) mass is 280 g/mol. The molecule has 1 aliphatic heterocycles. The van der Waals surface area contributed by atoms with Gasteiger partial charge in [-0.05, 0) is 17.7 Å². The molecule has 1 saturated heterocycles. The van der Waals surface area contributed by atoms with Crippen LogP contribution >= 0.6 is 0 Å². The van der Waals surface area contributed by atoms with Crippen molar-refractivity contribution < 1.29 is 4.52 Å². The minimum absolute atomic E-state index is 0.0493. The Kier molecular flexibility index (Phi) is 3.05. The van der Waals surface area contributed by atoms with E-state index in [1.807, 2.05) is 42.7 Å². The molecule has 0 bridgehead atoms. The number of nitrogens with zero attached hydrogens (tertiary/aromatic N) is 3. The minimum Gasteiger partial charge on any atom is -0.339 e. The van der Waals surface area contributed by atoms with Crippen molar-refractivity contribution in [2.24, 2.45) is 0 Å². The second-order valence-corrected chi connectivity index (χ2v) is 5.29. The summed E-state index contributed by atoms with van der Waals surface area (Å²) in [5.41, 5.74) is 1.15. The largest absolute Gasteiger partial charge is 0.339 e. The third kappa shape index (κ3) is 2.25. The van der Waals surface area contributed by atoms with Crippen molar-refractivity contribution in [2.75, 3.05) is 13.1 Å². The second kappa shape index (κ2) is 5.18. The molecule has 0 amide bonds. The predicted molar refractivity (Wildman–Crippen MR) is 78.0 cm³/mol. The molecular weight excluding hydrogens is 264 g/mol. The normalized spacial score (nSPS) is 16.6. The summed E-state index contributed by atoms with van der Waals surface area (Å²) in [6, 6.07) is 14.2. The molecule has 1 aromatic carbocycles. The van der Waals surface area contributed by atoms with Crippen LogP contribution in [0.15, 0.2) is 59.4 Å². The van der Waals surface area contributed by atoms with Crippen LogP contribution in [0.2, 0.25) is 0 Å². The van der Waals surface area contributed by atoms with Crippen molar-refractivity contribution in [2.45, 2.75) is 12.0 Å². The molecule has 1 fully saturated rings. The fourth-order valence-electron chi connectivity index (χ4n) is 2.60. The summed E-state index contributed by atoms with van der Waals surface area (Å²) >= 11 is 0. The molecule has 0 spiro atoms. The number of nitrogens with one attached hydrogen (secondary N) is 1. The summed E-state index contributed by atoms with van der Waals surface area (Å²) in [7, 11) is 0. The zero-order valence-corrected chi connectivity index (χ0v) is 11.5. The lowest BCUT2D eigenvalue weighted by Gasteiger charge is -2.22. The fraction of sp³-hybridized carbons (Fsp3) is 0.250. The minimum atomic E-state index is -0.0493. The van der Waals surface area contributed by atoms with Crippen molar-refractivity contribution in [1.29, 1.82) is 0 Å². The molecule has 3 aromatic rings. The maximum absolute atomic E-state index is 5.45. The fourth-order valence-corrected chi connectivity index (χ4v) is 2.60. The van der Waals surface area contributed by atoms with Crippen LogP contribution in [0.25, 0.3) is 0 Å². The molecule has 2 aromatic heterocycles. The maximum Gasteiger partial charge on any atom is 0.232 e. The van der Waals surface area contributed by atoms with E-state index in [0.29, 0.717) is 11.7 Å². The van der Waals surface area contributed by atoms with Crippen LogP contribution in [0.1, 0.15) is 29.2 Å². The van der Waals surface area contributed by atoms with Gasteiger partial charge < -0.3 is 14.4 Å². The molecule has 0 saturated carbocycles. The van der Waals surface area contributed by atoms with E-state index < -0.39 is 0 Å². The van der Waals surface area contributed by atoms with Gasteiger partial charge in [-0.15, -0.1) is 0 Å². The Labute approximate surface area is 122 Å². The first-order valence-corrected chi connectivity index (χ1v) is 7.13. The molecule has 1 atom stereocenters. The number of rotatable bonds is 4. The van der Waals surface area contributed by atoms with Gasteiger partial charge in [0.1, 0.15) is 6.04 Å². The first kappa shape index (κ1) is 12.3. The van der Waals surface area contributed by atoms with E-state index in [0.717, 1.165) is 24.5 Å². The molecule has 5 heteroatoms. The van der Waals surface area contributed by atoms with Crippen LogP contribution in [-0.4, -0.2) is 27.8 Å². The third-order valence-electron chi connectivity index (χ3n) is 3.87. The summed E-state index contributed by atoms with van der Waals surface area (Å²) in [4.78, 5) is 4.63. The van der Waals surface area contributed by atoms with Gasteiger partial charge >= 0.3 is 0 Å². The van der Waals surface area contributed by atoms with E-state index in [9.17, 15) is 0 Å². The molecule has 1 aliphatic rings. The molecule has 0 aliphatic carbocycles. The average molecular weight is 280 g/mol. The highest BCUT2D eigenvalue weighted by Crippen LogP contribution is 2.26. The van der Waals surface area contributed by atoms with Crippen LogP contribution in [0.4, 0.5) is 0 Å². The van der Waals surface area contributed by atoms with Gasteiger partial charge in [0.15, 0.2) is 5.82 Å². The lowest BCUT2D eigenvalue weighted by Crippen LogP contribution is -2.40. The highest BCUT2D eigenvalue weighted by atomic mass is 16.5. The Morgan fingerprint density at radius 1 is 1.10 bits per heavy atom. The standard InChI is InChI=1S/C16H16N4O/c1-2-6-12(7-3-1)14(20-8-4-5-9-20)15-18-16(21-19-15)13-10-17-11-13/h1-9,13-14,17H,10-11H2/t14-/m0/s1. The van der Waals surface area contributed by atoms with Crippen LogP contribution in [0.3, 0.4) is 0 Å². The van der Waals surface area contributed by atoms with Crippen molar-refractivity contribution in [3.8, 4) is 0 Å². The Balaban J connectivity index is 1.74. The molecular formula is C16H16N4O. The van der Waals surface area contributed by atoms with Crippen molar-refractivity contribution in [3.05, 3.63) is 72.1 Å². The summed E-state index contributed by atoms with van der Waals surface area (Å²) in [6.45, 7) is 1.84. The molecule has 0 unspecified atom stereocenters. The Morgan fingerprint density at radius 2 is 1.86 bits per heavy atom. The van der Waals surface area contributed by atoms with Gasteiger partial charge in [0.25, 0.3) is 0 Å². The topological polar surface area (TPSA) is 55.9 Å². The lowest BCUT2D eigenvalue weighted by atomic mass is 10.0. The summed E-state index contributed by atoms with van der Waals surface area (Å²) in [5, 5.41) is 7.44. The quantitative estimate of drug-likeness (QED) is 0.796. The molecule has 0 radical (unpaired) electrons. The van der Waals surface area contributed by atoms with Gasteiger partial charge in [0, 0.05) is 25.5 Å². The molecule has 106 valence electrons. The first-order chi connectivity index (χ1) is 10.4. The van der Waals surface area contributed by atoms with Gasteiger partial charge in [-0.1, -0.05) is 35.5 Å². The molecule has 5 nitrogen and oxygen atoms in total. The predicted octanol–water partition coefficient (Wildman–Crippen LogP) is 2.20. The number of benzene rings is 1. The first-order valence-electron chi connectivity index (χ1n) is 7.13. The van der Waals surface area contributed by atoms with E-state index in [1.54, 1.807) is 0 Å². The highest BCUT2D eigenvalue weighted by Gasteiger charge is 2.28. The van der Waals surface area contributed by atoms with E-state index in [1.165, 1.54) is 0 Å². The van der Waals surface area contributed by atoms with Gasteiger partial charge in [-0.25, -0.2) is 0 Å². The average Bonchev–Trinajstić information content (AvgIpc) is 3.11. The number of hydrogen-bond acceptors (Lipinski definition) is 4. The SMILES string of the molecule is c1ccc([C@@H](c2noc(C3CNC3)n2)n2cccc2)cc1. The second-order valence-electron chi connectivity index (χ2n) is 5.29. The van der Waals surface area contributed by atoms with Gasteiger partial charge in [-0.3, -0.25) is 0 Å². The smallest absolute Gasteiger partial charge is 0.232 e. The van der Waals surface area contributed by atoms with E-state index in [2.05, 4.69) is 32.2 Å². The zero-order chi connectivity index (χ0) is 14.1. The Bertz CT molecular complexity index is 701. The molecule has 21 heavy (non-hydrogen) atoms. The van der Waals surface area contributed by atoms with Gasteiger partial charge in [0.05, 0.1) is 5.92 Å².